The molecule has 1 amide bonds. The van der Waals surface area contributed by atoms with Crippen LogP contribution in [0.1, 0.15) is 36.1 Å². The highest BCUT2D eigenvalue weighted by Crippen LogP contribution is 2.26. The Labute approximate surface area is 163 Å². The second-order valence-corrected chi connectivity index (χ2v) is 7.29. The maximum absolute atomic E-state index is 13.0. The van der Waals surface area contributed by atoms with Crippen LogP contribution in [0.15, 0.2) is 47.3 Å². The molecule has 2 aromatic carbocycles. The zero-order chi connectivity index (χ0) is 19.7. The van der Waals surface area contributed by atoms with Crippen LogP contribution in [-0.2, 0) is 4.79 Å². The maximum atomic E-state index is 13.0. The third kappa shape index (κ3) is 3.62. The van der Waals surface area contributed by atoms with Crippen molar-refractivity contribution < 1.29 is 4.79 Å². The number of hydrogen-bond acceptors (Lipinski definition) is 2. The number of rotatable bonds is 4. The molecule has 1 atom stereocenters. The number of aryl methyl sites for hydroxylation is 3. The Bertz CT molecular complexity index is 1090. The fraction of sp³-hybridized carbons (Fsp3) is 0.273. The quantitative estimate of drug-likeness (QED) is 0.676. The Morgan fingerprint density at radius 2 is 1.81 bits per heavy atom. The molecule has 1 unspecified atom stereocenters. The lowest BCUT2D eigenvalue weighted by Gasteiger charge is -2.22. The van der Waals surface area contributed by atoms with Crippen molar-refractivity contribution in [3.8, 4) is 0 Å². The van der Waals surface area contributed by atoms with Crippen molar-refractivity contribution in [3.05, 3.63) is 74.5 Å². The van der Waals surface area contributed by atoms with Crippen LogP contribution in [0, 0.1) is 20.8 Å². The number of nitrogens with zero attached hydrogens (tertiary/aromatic N) is 1. The van der Waals surface area contributed by atoms with Crippen molar-refractivity contribution in [2.24, 2.45) is 0 Å². The molecule has 0 aliphatic rings. The van der Waals surface area contributed by atoms with Gasteiger partial charge in [-0.05, 0) is 56.0 Å². The maximum Gasteiger partial charge on any atom is 0.252 e. The summed E-state index contributed by atoms with van der Waals surface area (Å²) in [5.74, 6) is -0.229. The van der Waals surface area contributed by atoms with Crippen LogP contribution in [0.4, 0.5) is 5.69 Å². The molecule has 0 saturated heterocycles. The molecule has 0 radical (unpaired) electrons. The van der Waals surface area contributed by atoms with Gasteiger partial charge in [-0.2, -0.15) is 0 Å². The predicted molar refractivity (Wildman–Crippen MR) is 112 cm³/mol. The number of benzene rings is 2. The summed E-state index contributed by atoms with van der Waals surface area (Å²) in [4.78, 5) is 25.8. The first-order valence-corrected chi connectivity index (χ1v) is 9.39. The minimum absolute atomic E-state index is 0.168. The molecule has 4 nitrogen and oxygen atoms in total. The summed E-state index contributed by atoms with van der Waals surface area (Å²) in [7, 11) is 0. The van der Waals surface area contributed by atoms with Gasteiger partial charge in [-0.3, -0.25) is 14.2 Å². The number of para-hydroxylation sites is 1. The van der Waals surface area contributed by atoms with Crippen molar-refractivity contribution in [1.29, 1.82) is 0 Å². The van der Waals surface area contributed by atoms with Crippen LogP contribution in [0.25, 0.3) is 10.9 Å². The van der Waals surface area contributed by atoms with Gasteiger partial charge >= 0.3 is 0 Å². The number of nitrogens with one attached hydrogen (secondary N) is 1. The van der Waals surface area contributed by atoms with Crippen LogP contribution in [0.5, 0.6) is 0 Å². The van der Waals surface area contributed by atoms with Crippen LogP contribution >= 0.6 is 11.6 Å². The van der Waals surface area contributed by atoms with Gasteiger partial charge in [-0.25, -0.2) is 0 Å². The molecule has 0 aliphatic heterocycles. The summed E-state index contributed by atoms with van der Waals surface area (Å²) in [6.45, 7) is 7.69. The van der Waals surface area contributed by atoms with Crippen LogP contribution in [0.2, 0.25) is 5.02 Å². The molecule has 0 saturated carbocycles. The van der Waals surface area contributed by atoms with E-state index in [4.69, 9.17) is 11.6 Å². The summed E-state index contributed by atoms with van der Waals surface area (Å²) in [6.07, 6.45) is 0.498. The SMILES string of the molecule is CCC(C(=O)Nc1ccc(C)c(Cl)c1)n1c(=O)cc(C)c2cccc(C)c21. The van der Waals surface area contributed by atoms with E-state index < -0.39 is 6.04 Å². The number of carbonyl (C=O) groups is 1. The molecule has 0 aliphatic carbocycles. The average Bonchev–Trinajstić information content (AvgIpc) is 2.62. The lowest BCUT2D eigenvalue weighted by Crippen LogP contribution is -2.33. The number of aromatic nitrogens is 1. The Balaban J connectivity index is 2.09. The van der Waals surface area contributed by atoms with Crippen LogP contribution in [0.3, 0.4) is 0 Å². The van der Waals surface area contributed by atoms with Gasteiger partial charge in [0.2, 0.25) is 5.91 Å². The summed E-state index contributed by atoms with van der Waals surface area (Å²) in [6, 6.07) is 12.3. The molecular formula is C22H23ClN2O2. The standard InChI is InChI=1S/C22H23ClN2O2/c1-5-19(22(27)24-16-10-9-13(2)18(23)12-16)25-20(26)11-15(4)17-8-6-7-14(3)21(17)25/h6-12,19H,5H2,1-4H3,(H,24,27). The largest absolute Gasteiger partial charge is 0.324 e. The summed E-state index contributed by atoms with van der Waals surface area (Å²) >= 11 is 6.16. The second kappa shape index (κ2) is 7.57. The number of halogens is 1. The minimum atomic E-state index is -0.609. The van der Waals surface area contributed by atoms with E-state index in [1.807, 2.05) is 58.0 Å². The molecule has 140 valence electrons. The number of hydrogen-bond donors (Lipinski definition) is 1. The number of anilines is 1. The van der Waals surface area contributed by atoms with Gasteiger partial charge in [0.05, 0.1) is 5.52 Å². The lowest BCUT2D eigenvalue weighted by molar-refractivity contribution is -0.119. The molecule has 0 fully saturated rings. The first kappa shape index (κ1) is 19.2. The van der Waals surface area contributed by atoms with Gasteiger partial charge in [0.15, 0.2) is 0 Å². The summed E-state index contributed by atoms with van der Waals surface area (Å²) in [5.41, 5.74) is 4.09. The molecular weight excluding hydrogens is 360 g/mol. The first-order chi connectivity index (χ1) is 12.8. The number of pyridine rings is 1. The molecule has 3 rings (SSSR count). The van der Waals surface area contributed by atoms with Gasteiger partial charge < -0.3 is 5.32 Å². The number of fused-ring (bicyclic) bond motifs is 1. The zero-order valence-electron chi connectivity index (χ0n) is 16.0. The van der Waals surface area contributed by atoms with E-state index in [2.05, 4.69) is 5.32 Å². The highest BCUT2D eigenvalue weighted by atomic mass is 35.5. The van der Waals surface area contributed by atoms with Crippen molar-refractivity contribution >= 4 is 34.1 Å². The Morgan fingerprint density at radius 1 is 1.07 bits per heavy atom. The Hall–Kier alpha value is -2.59. The van der Waals surface area contributed by atoms with E-state index in [1.54, 1.807) is 16.7 Å². The zero-order valence-corrected chi connectivity index (χ0v) is 16.7. The van der Waals surface area contributed by atoms with Crippen molar-refractivity contribution in [2.45, 2.75) is 40.2 Å². The summed E-state index contributed by atoms with van der Waals surface area (Å²) < 4.78 is 1.61. The Kier molecular flexibility index (Phi) is 5.38. The Morgan fingerprint density at radius 3 is 2.48 bits per heavy atom. The summed E-state index contributed by atoms with van der Waals surface area (Å²) in [5, 5.41) is 4.48. The minimum Gasteiger partial charge on any atom is -0.324 e. The average molecular weight is 383 g/mol. The number of amides is 1. The van der Waals surface area contributed by atoms with Gasteiger partial charge in [0.25, 0.3) is 5.56 Å². The van der Waals surface area contributed by atoms with Gasteiger partial charge in [0.1, 0.15) is 6.04 Å². The molecule has 1 heterocycles. The normalized spacial score (nSPS) is 12.2. The van der Waals surface area contributed by atoms with Crippen molar-refractivity contribution in [1.82, 2.24) is 4.57 Å². The molecule has 1 N–H and O–H groups in total. The van der Waals surface area contributed by atoms with Crippen LogP contribution < -0.4 is 10.9 Å². The van der Waals surface area contributed by atoms with Gasteiger partial charge in [0, 0.05) is 22.2 Å². The molecule has 1 aromatic heterocycles. The highest BCUT2D eigenvalue weighted by Gasteiger charge is 2.23. The number of carbonyl (C=O) groups excluding carboxylic acids is 1. The van der Waals surface area contributed by atoms with E-state index in [9.17, 15) is 9.59 Å². The smallest absolute Gasteiger partial charge is 0.252 e. The molecule has 5 heteroatoms. The lowest BCUT2D eigenvalue weighted by atomic mass is 10.0. The van der Waals surface area contributed by atoms with Crippen LogP contribution in [-0.4, -0.2) is 10.5 Å². The van der Waals surface area contributed by atoms with E-state index in [-0.39, 0.29) is 11.5 Å². The monoisotopic (exact) mass is 382 g/mol. The fourth-order valence-corrected chi connectivity index (χ4v) is 3.61. The van der Waals surface area contributed by atoms with Gasteiger partial charge in [-0.15, -0.1) is 0 Å². The molecule has 0 bridgehead atoms. The van der Waals surface area contributed by atoms with E-state index in [0.29, 0.717) is 17.1 Å². The van der Waals surface area contributed by atoms with E-state index in [1.165, 1.54) is 0 Å². The molecule has 3 aromatic rings. The highest BCUT2D eigenvalue weighted by molar-refractivity contribution is 6.31. The van der Waals surface area contributed by atoms with Crippen molar-refractivity contribution in [2.75, 3.05) is 5.32 Å². The predicted octanol–water partition coefficient (Wildman–Crippen LogP) is 5.17. The molecule has 27 heavy (non-hydrogen) atoms. The fourth-order valence-electron chi connectivity index (χ4n) is 3.43. The molecule has 0 spiro atoms. The van der Waals surface area contributed by atoms with Crippen molar-refractivity contribution in [3.63, 3.8) is 0 Å². The third-order valence-corrected chi connectivity index (χ3v) is 5.33. The third-order valence-electron chi connectivity index (χ3n) is 4.92. The van der Waals surface area contributed by atoms with E-state index >= 15 is 0 Å². The topological polar surface area (TPSA) is 51.1 Å². The first-order valence-electron chi connectivity index (χ1n) is 9.02. The van der Waals surface area contributed by atoms with E-state index in [0.717, 1.165) is 27.6 Å². The second-order valence-electron chi connectivity index (χ2n) is 6.88. The van der Waals surface area contributed by atoms with Gasteiger partial charge in [-0.1, -0.05) is 42.8 Å².